The van der Waals surface area contributed by atoms with Gasteiger partial charge in [0.25, 0.3) is 0 Å². The van der Waals surface area contributed by atoms with Crippen LogP contribution in [0, 0.1) is 0 Å². The molecule has 8 nitrogen and oxygen atoms in total. The number of phosphoric ester groups is 1. The summed E-state index contributed by atoms with van der Waals surface area (Å²) >= 11 is 0. The average Bonchev–Trinajstić information content (AvgIpc) is 3.30. The third kappa shape index (κ3) is 52.8. The minimum absolute atomic E-state index is 0.0587. The van der Waals surface area contributed by atoms with Gasteiger partial charge >= 0.3 is 7.82 Å². The molecule has 0 heterocycles. The van der Waals surface area contributed by atoms with Crippen molar-refractivity contribution in [2.75, 3.05) is 40.9 Å². The molecule has 0 aromatic carbocycles. The number of phosphoric acid groups is 1. The second-order valence-electron chi connectivity index (χ2n) is 21.7. The van der Waals surface area contributed by atoms with Crippen molar-refractivity contribution in [2.45, 2.75) is 309 Å². The smallest absolute Gasteiger partial charge is 0.387 e. The minimum Gasteiger partial charge on any atom is -0.387 e. The Balaban J connectivity index is 4.10. The molecule has 9 heteroatoms. The normalized spacial score (nSPS) is 14.0. The van der Waals surface area contributed by atoms with E-state index in [-0.39, 0.29) is 19.1 Å². The first-order valence-corrected chi connectivity index (χ1v) is 31.2. The molecule has 0 fully saturated rings. The van der Waals surface area contributed by atoms with Gasteiger partial charge in [-0.1, -0.05) is 282 Å². The predicted octanol–water partition coefficient (Wildman–Crippen LogP) is 18.0. The van der Waals surface area contributed by atoms with E-state index >= 15 is 0 Å². The molecule has 0 aromatic heterocycles. The largest absolute Gasteiger partial charge is 0.472 e. The summed E-state index contributed by atoms with van der Waals surface area (Å²) in [6.07, 6.45) is 64.4. The molecule has 0 aliphatic carbocycles. The van der Waals surface area contributed by atoms with Crippen LogP contribution in [0.3, 0.4) is 0 Å². The average molecular weight is 983 g/mol. The molecule has 0 rings (SSSR count). The molecule has 0 bridgehead atoms. The lowest BCUT2D eigenvalue weighted by Gasteiger charge is -2.25. The highest BCUT2D eigenvalue weighted by molar-refractivity contribution is 7.47. The van der Waals surface area contributed by atoms with Gasteiger partial charge in [-0.05, 0) is 32.1 Å². The summed E-state index contributed by atoms with van der Waals surface area (Å²) in [5.74, 6) is -0.180. The summed E-state index contributed by atoms with van der Waals surface area (Å²) in [5, 5.41) is 13.9. The number of unbranched alkanes of at least 4 members (excludes halogenated alkanes) is 40. The van der Waals surface area contributed by atoms with Crippen molar-refractivity contribution in [1.29, 1.82) is 0 Å². The number of likely N-dealkylation sites (N-methyl/N-ethyl adjacent to an activating group) is 1. The number of carbonyl (C=O) groups is 1. The van der Waals surface area contributed by atoms with Gasteiger partial charge in [-0.15, -0.1) is 0 Å². The van der Waals surface area contributed by atoms with E-state index in [9.17, 15) is 19.4 Å². The van der Waals surface area contributed by atoms with Crippen LogP contribution in [0.4, 0.5) is 0 Å². The Labute approximate surface area is 424 Å². The van der Waals surface area contributed by atoms with Crippen molar-refractivity contribution in [3.8, 4) is 0 Å². The number of hydrogen-bond donors (Lipinski definition) is 3. The molecule has 68 heavy (non-hydrogen) atoms. The Morgan fingerprint density at radius 1 is 0.485 bits per heavy atom. The fraction of sp³-hybridized carbons (Fsp3) is 0.915. The maximum Gasteiger partial charge on any atom is 0.472 e. The molecule has 3 unspecified atom stereocenters. The van der Waals surface area contributed by atoms with Crippen LogP contribution in [-0.4, -0.2) is 73.4 Å². The van der Waals surface area contributed by atoms with Crippen LogP contribution >= 0.6 is 7.82 Å². The SMILES string of the molecule is CCCCCCCCCCCCC/C=C/CC/C=C/C(O)C(COP(=O)(O)OCC[N+](C)(C)C)NC(=O)CCCCCCCCCCCCCCCCCCCCCCCCCCCCCCC. The summed E-state index contributed by atoms with van der Waals surface area (Å²) in [4.78, 5) is 23.3. The first-order chi connectivity index (χ1) is 33.0. The Morgan fingerprint density at radius 3 is 1.18 bits per heavy atom. The van der Waals surface area contributed by atoms with E-state index in [4.69, 9.17) is 9.05 Å². The Bertz CT molecular complexity index is 1160. The standard InChI is InChI=1S/C59H117N2O6P/c1-6-8-10-12-14-16-18-20-22-24-25-26-27-28-29-30-31-32-33-34-35-37-39-41-43-45-47-49-51-53-59(63)60-57(56-67-68(64,65)66-55-54-61(3,4)5)58(62)52-50-48-46-44-42-40-38-36-23-21-19-17-15-13-11-9-7-2/h42,44,50,52,57-58,62H,6-41,43,45-49,51,53-56H2,1-5H3,(H-,60,63,64,65)/p+1/b44-42+,52-50+. The van der Waals surface area contributed by atoms with Gasteiger partial charge in [0.15, 0.2) is 0 Å². The van der Waals surface area contributed by atoms with E-state index in [2.05, 4.69) is 31.3 Å². The quantitative estimate of drug-likeness (QED) is 0.0243. The van der Waals surface area contributed by atoms with E-state index in [1.54, 1.807) is 6.08 Å². The Morgan fingerprint density at radius 2 is 0.809 bits per heavy atom. The van der Waals surface area contributed by atoms with Crippen LogP contribution in [0.5, 0.6) is 0 Å². The van der Waals surface area contributed by atoms with Crippen LogP contribution < -0.4 is 5.32 Å². The highest BCUT2D eigenvalue weighted by atomic mass is 31.2. The summed E-state index contributed by atoms with van der Waals surface area (Å²) < 4.78 is 23.7. The Hall–Kier alpha value is -1.02. The molecule has 0 aromatic rings. The molecular weight excluding hydrogens is 864 g/mol. The van der Waals surface area contributed by atoms with Crippen molar-refractivity contribution in [1.82, 2.24) is 5.32 Å². The molecule has 3 N–H and O–H groups in total. The number of nitrogens with one attached hydrogen (secondary N) is 1. The third-order valence-electron chi connectivity index (χ3n) is 13.7. The van der Waals surface area contributed by atoms with Gasteiger partial charge in [0.1, 0.15) is 13.2 Å². The number of nitrogens with zero attached hydrogens (tertiary/aromatic N) is 1. The predicted molar refractivity (Wildman–Crippen MR) is 295 cm³/mol. The number of quaternary nitrogens is 1. The van der Waals surface area contributed by atoms with Crippen LogP contribution in [0.25, 0.3) is 0 Å². The lowest BCUT2D eigenvalue weighted by molar-refractivity contribution is -0.870. The zero-order valence-electron chi connectivity index (χ0n) is 46.1. The molecule has 0 aliphatic heterocycles. The van der Waals surface area contributed by atoms with Crippen LogP contribution in [0.2, 0.25) is 0 Å². The van der Waals surface area contributed by atoms with E-state index in [0.29, 0.717) is 17.4 Å². The van der Waals surface area contributed by atoms with E-state index < -0.39 is 20.0 Å². The molecule has 0 saturated carbocycles. The molecule has 0 aliphatic rings. The van der Waals surface area contributed by atoms with Gasteiger partial charge < -0.3 is 19.8 Å². The lowest BCUT2D eigenvalue weighted by Crippen LogP contribution is -2.45. The zero-order chi connectivity index (χ0) is 49.9. The second-order valence-corrected chi connectivity index (χ2v) is 23.2. The van der Waals surface area contributed by atoms with E-state index in [0.717, 1.165) is 38.5 Å². The van der Waals surface area contributed by atoms with E-state index in [1.807, 2.05) is 27.2 Å². The van der Waals surface area contributed by atoms with Gasteiger partial charge in [-0.3, -0.25) is 13.8 Å². The topological polar surface area (TPSA) is 105 Å². The highest BCUT2D eigenvalue weighted by Gasteiger charge is 2.27. The minimum atomic E-state index is -4.35. The fourth-order valence-electron chi connectivity index (χ4n) is 9.00. The van der Waals surface area contributed by atoms with Crippen molar-refractivity contribution in [2.24, 2.45) is 0 Å². The third-order valence-corrected chi connectivity index (χ3v) is 14.7. The van der Waals surface area contributed by atoms with Gasteiger partial charge in [-0.2, -0.15) is 0 Å². The van der Waals surface area contributed by atoms with Crippen molar-refractivity contribution in [3.05, 3.63) is 24.3 Å². The molecule has 0 radical (unpaired) electrons. The van der Waals surface area contributed by atoms with Crippen molar-refractivity contribution in [3.63, 3.8) is 0 Å². The lowest BCUT2D eigenvalue weighted by atomic mass is 10.0. The highest BCUT2D eigenvalue weighted by Crippen LogP contribution is 2.43. The first kappa shape index (κ1) is 67.0. The van der Waals surface area contributed by atoms with Gasteiger partial charge in [0.05, 0.1) is 39.9 Å². The van der Waals surface area contributed by atoms with Crippen LogP contribution in [0.1, 0.15) is 296 Å². The number of carbonyl (C=O) groups excluding carboxylic acids is 1. The van der Waals surface area contributed by atoms with Crippen LogP contribution in [-0.2, 0) is 18.4 Å². The molecule has 0 spiro atoms. The van der Waals surface area contributed by atoms with Gasteiger partial charge in [0, 0.05) is 6.42 Å². The van der Waals surface area contributed by atoms with Crippen molar-refractivity contribution < 1.29 is 32.9 Å². The number of aliphatic hydroxyl groups excluding tert-OH is 1. The monoisotopic (exact) mass is 982 g/mol. The van der Waals surface area contributed by atoms with E-state index in [1.165, 1.54) is 238 Å². The number of aliphatic hydroxyl groups is 1. The molecule has 3 atom stereocenters. The fourth-order valence-corrected chi connectivity index (χ4v) is 9.74. The number of rotatable bonds is 55. The maximum absolute atomic E-state index is 13.0. The summed E-state index contributed by atoms with van der Waals surface area (Å²) in [6, 6.07) is -0.860. The summed E-state index contributed by atoms with van der Waals surface area (Å²) in [7, 11) is 1.57. The molecular formula is C59H118N2O6P+. The summed E-state index contributed by atoms with van der Waals surface area (Å²) in [6.45, 7) is 4.84. The Kier molecular flexibility index (Phi) is 50.1. The second kappa shape index (κ2) is 50.9. The molecule has 1 amide bonds. The zero-order valence-corrected chi connectivity index (χ0v) is 47.0. The summed E-state index contributed by atoms with van der Waals surface area (Å²) in [5.41, 5.74) is 0. The number of amides is 1. The van der Waals surface area contributed by atoms with Crippen LogP contribution in [0.15, 0.2) is 24.3 Å². The van der Waals surface area contributed by atoms with Crippen molar-refractivity contribution >= 4 is 13.7 Å². The first-order valence-electron chi connectivity index (χ1n) is 29.7. The van der Waals surface area contributed by atoms with Gasteiger partial charge in [-0.25, -0.2) is 4.57 Å². The maximum atomic E-state index is 13.0. The molecule has 404 valence electrons. The molecule has 0 saturated heterocycles. The number of hydrogen-bond acceptors (Lipinski definition) is 5. The van der Waals surface area contributed by atoms with Gasteiger partial charge in [0.2, 0.25) is 5.91 Å². The number of allylic oxidation sites excluding steroid dienone is 3.